The van der Waals surface area contributed by atoms with Gasteiger partial charge in [0.05, 0.1) is 9.26 Å². The number of nitrogens with one attached hydrogen (secondary N) is 1. The maximum atomic E-state index is 13.5. The van der Waals surface area contributed by atoms with Crippen LogP contribution in [-0.4, -0.2) is 16.5 Å². The lowest BCUT2D eigenvalue weighted by atomic mass is 10.2. The zero-order chi connectivity index (χ0) is 14.7. The van der Waals surface area contributed by atoms with E-state index in [0.717, 1.165) is 28.0 Å². The van der Waals surface area contributed by atoms with Crippen molar-refractivity contribution in [2.45, 2.75) is 20.3 Å². The second-order valence-electron chi connectivity index (χ2n) is 4.38. The maximum absolute atomic E-state index is 13.5. The zero-order valence-corrected chi connectivity index (χ0v) is 14.9. The van der Waals surface area contributed by atoms with Crippen LogP contribution >= 0.6 is 38.5 Å². The number of halogens is 3. The fraction of sp³-hybridized carbons (Fsp3) is 0.286. The summed E-state index contributed by atoms with van der Waals surface area (Å²) in [5.41, 5.74) is 1.55. The lowest BCUT2D eigenvalue weighted by Gasteiger charge is -2.11. The highest BCUT2D eigenvalue weighted by molar-refractivity contribution is 14.1. The van der Waals surface area contributed by atoms with Crippen molar-refractivity contribution in [3.8, 4) is 11.4 Å². The molecular formula is C14H14BrFIN3. The number of hydrogen-bond acceptors (Lipinski definition) is 3. The Morgan fingerprint density at radius 2 is 2.05 bits per heavy atom. The second kappa shape index (κ2) is 6.80. The molecule has 2 aromatic rings. The number of nitrogens with zero attached hydrogens (tertiary/aromatic N) is 2. The molecule has 0 aliphatic carbocycles. The second-order valence-corrected chi connectivity index (χ2v) is 6.37. The predicted octanol–water partition coefficient (Wildman–Crippen LogP) is 4.78. The molecule has 0 aliphatic heterocycles. The molecule has 0 radical (unpaired) electrons. The molecule has 1 aromatic carbocycles. The van der Waals surface area contributed by atoms with Crippen LogP contribution in [0.2, 0.25) is 0 Å². The highest BCUT2D eigenvalue weighted by Crippen LogP contribution is 2.26. The van der Waals surface area contributed by atoms with Crippen LogP contribution in [0.3, 0.4) is 0 Å². The van der Waals surface area contributed by atoms with E-state index in [9.17, 15) is 4.39 Å². The first-order valence-electron chi connectivity index (χ1n) is 6.25. The molecule has 0 bridgehead atoms. The van der Waals surface area contributed by atoms with E-state index in [0.29, 0.717) is 15.9 Å². The van der Waals surface area contributed by atoms with E-state index in [4.69, 9.17) is 0 Å². The van der Waals surface area contributed by atoms with Crippen molar-refractivity contribution < 1.29 is 4.39 Å². The van der Waals surface area contributed by atoms with Crippen LogP contribution in [-0.2, 0) is 0 Å². The van der Waals surface area contributed by atoms with Crippen LogP contribution in [0.25, 0.3) is 11.4 Å². The third-order valence-corrected chi connectivity index (χ3v) is 4.43. The van der Waals surface area contributed by atoms with Crippen molar-refractivity contribution in [3.63, 3.8) is 0 Å². The van der Waals surface area contributed by atoms with Crippen LogP contribution in [0, 0.1) is 16.3 Å². The monoisotopic (exact) mass is 449 g/mol. The summed E-state index contributed by atoms with van der Waals surface area (Å²) >= 11 is 5.51. The van der Waals surface area contributed by atoms with E-state index >= 15 is 0 Å². The van der Waals surface area contributed by atoms with Gasteiger partial charge in [-0.25, -0.2) is 14.4 Å². The van der Waals surface area contributed by atoms with Gasteiger partial charge in [-0.3, -0.25) is 0 Å². The first kappa shape index (κ1) is 15.6. The summed E-state index contributed by atoms with van der Waals surface area (Å²) in [4.78, 5) is 8.95. The Hall–Kier alpha value is -0.760. The van der Waals surface area contributed by atoms with E-state index in [1.165, 1.54) is 12.1 Å². The molecule has 1 aromatic heterocycles. The van der Waals surface area contributed by atoms with E-state index in [2.05, 4.69) is 60.7 Å². The molecule has 20 heavy (non-hydrogen) atoms. The van der Waals surface area contributed by atoms with Gasteiger partial charge in [0.1, 0.15) is 11.6 Å². The fourth-order valence-electron chi connectivity index (χ4n) is 1.73. The molecule has 1 N–H and O–H groups in total. The lowest BCUT2D eigenvalue weighted by Crippen LogP contribution is -2.07. The highest BCUT2D eigenvalue weighted by Gasteiger charge is 2.11. The molecule has 3 nitrogen and oxygen atoms in total. The summed E-state index contributed by atoms with van der Waals surface area (Å²) in [5, 5.41) is 3.28. The quantitative estimate of drug-likeness (QED) is 0.682. The van der Waals surface area contributed by atoms with Crippen molar-refractivity contribution in [2.24, 2.45) is 0 Å². The Kier molecular flexibility index (Phi) is 5.31. The minimum Gasteiger partial charge on any atom is -0.369 e. The Balaban J connectivity index is 2.48. The van der Waals surface area contributed by atoms with Crippen LogP contribution in [0.5, 0.6) is 0 Å². The van der Waals surface area contributed by atoms with Gasteiger partial charge in [-0.2, -0.15) is 0 Å². The average Bonchev–Trinajstić information content (AvgIpc) is 2.39. The number of aromatic nitrogens is 2. The van der Waals surface area contributed by atoms with Gasteiger partial charge >= 0.3 is 0 Å². The Morgan fingerprint density at radius 1 is 1.30 bits per heavy atom. The van der Waals surface area contributed by atoms with Gasteiger partial charge in [0.15, 0.2) is 5.82 Å². The largest absolute Gasteiger partial charge is 0.369 e. The van der Waals surface area contributed by atoms with Crippen LogP contribution in [0.1, 0.15) is 19.0 Å². The van der Waals surface area contributed by atoms with Gasteiger partial charge in [-0.05, 0) is 54.1 Å². The third-order valence-electron chi connectivity index (χ3n) is 2.68. The standard InChI is InChI=1S/C14H14BrFIN3/c1-3-4-18-14-12(17)8(2)19-13(20-14)9-5-10(15)7-11(16)6-9/h5-7H,3-4H2,1-2H3,(H,18,19,20). The number of hydrogen-bond donors (Lipinski definition) is 1. The van der Waals surface area contributed by atoms with E-state index in [1.807, 2.05) is 13.0 Å². The summed E-state index contributed by atoms with van der Waals surface area (Å²) in [6, 6.07) is 4.67. The SMILES string of the molecule is CCCNc1nc(-c2cc(F)cc(Br)c2)nc(C)c1I. The van der Waals surface area contributed by atoms with Gasteiger partial charge in [-0.1, -0.05) is 22.9 Å². The van der Waals surface area contributed by atoms with Crippen molar-refractivity contribution in [2.75, 3.05) is 11.9 Å². The molecule has 0 unspecified atom stereocenters. The van der Waals surface area contributed by atoms with Gasteiger partial charge in [0.25, 0.3) is 0 Å². The number of anilines is 1. The average molecular weight is 450 g/mol. The minimum absolute atomic E-state index is 0.308. The first-order chi connectivity index (χ1) is 9.51. The number of rotatable bonds is 4. The van der Waals surface area contributed by atoms with E-state index in [1.54, 1.807) is 0 Å². The molecule has 0 saturated carbocycles. The van der Waals surface area contributed by atoms with Gasteiger partial charge in [0, 0.05) is 16.6 Å². The summed E-state index contributed by atoms with van der Waals surface area (Å²) in [7, 11) is 0. The number of benzene rings is 1. The highest BCUT2D eigenvalue weighted by atomic mass is 127. The molecule has 106 valence electrons. The first-order valence-corrected chi connectivity index (χ1v) is 8.13. The molecule has 1 heterocycles. The smallest absolute Gasteiger partial charge is 0.161 e. The zero-order valence-electron chi connectivity index (χ0n) is 11.2. The van der Waals surface area contributed by atoms with Gasteiger partial charge in [0.2, 0.25) is 0 Å². The summed E-state index contributed by atoms with van der Waals surface area (Å²) in [6.45, 7) is 4.87. The predicted molar refractivity (Wildman–Crippen MR) is 91.4 cm³/mol. The molecule has 0 aliphatic rings. The molecule has 2 rings (SSSR count). The van der Waals surface area contributed by atoms with Crippen LogP contribution < -0.4 is 5.32 Å². The molecule has 0 fully saturated rings. The normalized spacial score (nSPS) is 10.7. The van der Waals surface area contributed by atoms with E-state index < -0.39 is 0 Å². The molecular weight excluding hydrogens is 436 g/mol. The summed E-state index contributed by atoms with van der Waals surface area (Å²) < 4.78 is 15.2. The summed E-state index contributed by atoms with van der Waals surface area (Å²) in [5.74, 6) is 1.02. The molecule has 0 atom stereocenters. The Bertz CT molecular complexity index is 614. The topological polar surface area (TPSA) is 37.8 Å². The lowest BCUT2D eigenvalue weighted by molar-refractivity contribution is 0.627. The minimum atomic E-state index is -0.308. The van der Waals surface area contributed by atoms with Gasteiger partial charge < -0.3 is 5.32 Å². The van der Waals surface area contributed by atoms with Crippen molar-refractivity contribution >= 4 is 44.3 Å². The fourth-order valence-corrected chi connectivity index (χ4v) is 2.63. The third kappa shape index (κ3) is 3.66. The van der Waals surface area contributed by atoms with Gasteiger partial charge in [-0.15, -0.1) is 0 Å². The van der Waals surface area contributed by atoms with Crippen molar-refractivity contribution in [3.05, 3.63) is 37.8 Å². The van der Waals surface area contributed by atoms with E-state index in [-0.39, 0.29) is 5.82 Å². The molecule has 0 saturated heterocycles. The van der Waals surface area contributed by atoms with Crippen LogP contribution in [0.4, 0.5) is 10.2 Å². The maximum Gasteiger partial charge on any atom is 0.161 e. The Labute approximate surface area is 139 Å². The summed E-state index contributed by atoms with van der Waals surface area (Å²) in [6.07, 6.45) is 1.01. The molecule has 6 heteroatoms. The number of aryl methyl sites for hydroxylation is 1. The molecule has 0 amide bonds. The Morgan fingerprint density at radius 3 is 2.70 bits per heavy atom. The molecule has 0 spiro atoms. The van der Waals surface area contributed by atoms with Crippen molar-refractivity contribution in [1.82, 2.24) is 9.97 Å². The van der Waals surface area contributed by atoms with Crippen molar-refractivity contribution in [1.29, 1.82) is 0 Å². The van der Waals surface area contributed by atoms with Crippen LogP contribution in [0.15, 0.2) is 22.7 Å².